The van der Waals surface area contributed by atoms with Crippen LogP contribution in [0, 0.1) is 0 Å². The molecule has 8 heteroatoms. The Kier molecular flexibility index (Phi) is 5.81. The Hall–Kier alpha value is -3.42. The van der Waals surface area contributed by atoms with Gasteiger partial charge in [0.2, 0.25) is 5.82 Å². The number of ether oxygens (including phenoxy) is 2. The molecule has 0 aliphatic heterocycles. The number of benzene rings is 1. The first-order valence-electron chi connectivity index (χ1n) is 9.25. The number of esters is 1. The first kappa shape index (κ1) is 20.3. The van der Waals surface area contributed by atoms with Crippen LogP contribution in [0.3, 0.4) is 0 Å². The van der Waals surface area contributed by atoms with Gasteiger partial charge >= 0.3 is 12.1 Å². The summed E-state index contributed by atoms with van der Waals surface area (Å²) in [4.78, 5) is 32.6. The summed E-state index contributed by atoms with van der Waals surface area (Å²) in [6, 6.07) is 9.07. The van der Waals surface area contributed by atoms with Gasteiger partial charge in [-0.15, -0.1) is 0 Å². The van der Waals surface area contributed by atoms with Gasteiger partial charge in [-0.25, -0.2) is 19.6 Å². The standard InChI is InChI=1S/C21H23N3O5/c1-5-27-19(25)18-23-15-9-10-28-17(15)16(24-18)14-8-6-7-13(11-14)12-22-20(26)29-21(2,3)4/h6-11H,5,12H2,1-4H3,(H,22,26). The van der Waals surface area contributed by atoms with Crippen LogP contribution in [-0.2, 0) is 16.0 Å². The van der Waals surface area contributed by atoms with E-state index in [1.807, 2.05) is 24.3 Å². The third kappa shape index (κ3) is 5.10. The molecule has 1 aromatic carbocycles. The summed E-state index contributed by atoms with van der Waals surface area (Å²) >= 11 is 0. The second-order valence-electron chi connectivity index (χ2n) is 7.31. The molecular weight excluding hydrogens is 374 g/mol. The number of carbonyl (C=O) groups is 2. The van der Waals surface area contributed by atoms with Crippen LogP contribution in [0.15, 0.2) is 41.0 Å². The minimum absolute atomic E-state index is 0.0342. The summed E-state index contributed by atoms with van der Waals surface area (Å²) in [6.45, 7) is 7.64. The molecule has 0 radical (unpaired) electrons. The van der Waals surface area contributed by atoms with Crippen LogP contribution >= 0.6 is 0 Å². The van der Waals surface area contributed by atoms with E-state index >= 15 is 0 Å². The zero-order valence-electron chi connectivity index (χ0n) is 16.8. The number of fused-ring (bicyclic) bond motifs is 1. The predicted octanol–water partition coefficient (Wildman–Crippen LogP) is 4.09. The van der Waals surface area contributed by atoms with Crippen LogP contribution in [0.25, 0.3) is 22.4 Å². The van der Waals surface area contributed by atoms with Crippen molar-refractivity contribution in [3.8, 4) is 11.3 Å². The minimum atomic E-state index is -0.598. The van der Waals surface area contributed by atoms with Crippen molar-refractivity contribution in [3.05, 3.63) is 48.0 Å². The third-order valence-corrected chi connectivity index (χ3v) is 3.80. The van der Waals surface area contributed by atoms with Gasteiger partial charge < -0.3 is 19.2 Å². The van der Waals surface area contributed by atoms with E-state index in [1.165, 1.54) is 6.26 Å². The van der Waals surface area contributed by atoms with Crippen LogP contribution in [-0.4, -0.2) is 34.2 Å². The van der Waals surface area contributed by atoms with Gasteiger partial charge in [0.25, 0.3) is 0 Å². The molecular formula is C21H23N3O5. The summed E-state index contributed by atoms with van der Waals surface area (Å²) in [6.07, 6.45) is 0.994. The Morgan fingerprint density at radius 2 is 1.97 bits per heavy atom. The Morgan fingerprint density at radius 3 is 2.69 bits per heavy atom. The number of hydrogen-bond acceptors (Lipinski definition) is 7. The average Bonchev–Trinajstić information content (AvgIpc) is 3.13. The van der Waals surface area contributed by atoms with Gasteiger partial charge in [0.1, 0.15) is 16.8 Å². The van der Waals surface area contributed by atoms with E-state index in [0.717, 1.165) is 11.1 Å². The van der Waals surface area contributed by atoms with E-state index in [4.69, 9.17) is 13.9 Å². The molecule has 0 spiro atoms. The SMILES string of the molecule is CCOC(=O)c1nc(-c2cccc(CNC(=O)OC(C)(C)C)c2)c2occc2n1. The van der Waals surface area contributed by atoms with Gasteiger partial charge in [-0.05, 0) is 39.3 Å². The number of furan rings is 1. The molecule has 3 rings (SSSR count). The van der Waals surface area contributed by atoms with Crippen molar-refractivity contribution < 1.29 is 23.5 Å². The van der Waals surface area contributed by atoms with Crippen LogP contribution in [0.2, 0.25) is 0 Å². The number of rotatable bonds is 5. The van der Waals surface area contributed by atoms with Gasteiger partial charge in [-0.2, -0.15) is 0 Å². The van der Waals surface area contributed by atoms with Crippen LogP contribution in [0.1, 0.15) is 43.9 Å². The fraction of sp³-hybridized carbons (Fsp3) is 0.333. The largest absolute Gasteiger partial charge is 0.460 e. The molecule has 0 fully saturated rings. The van der Waals surface area contributed by atoms with E-state index in [9.17, 15) is 9.59 Å². The van der Waals surface area contributed by atoms with Crippen LogP contribution < -0.4 is 5.32 Å². The smallest absolute Gasteiger partial charge is 0.407 e. The van der Waals surface area contributed by atoms with Crippen LogP contribution in [0.4, 0.5) is 4.79 Å². The highest BCUT2D eigenvalue weighted by Gasteiger charge is 2.19. The number of amides is 1. The van der Waals surface area contributed by atoms with Crippen molar-refractivity contribution in [2.45, 2.75) is 39.8 Å². The monoisotopic (exact) mass is 397 g/mol. The molecule has 0 atom stereocenters. The lowest BCUT2D eigenvalue weighted by atomic mass is 10.1. The van der Waals surface area contributed by atoms with Crippen molar-refractivity contribution in [1.29, 1.82) is 0 Å². The molecule has 8 nitrogen and oxygen atoms in total. The fourth-order valence-corrected chi connectivity index (χ4v) is 2.66. The molecule has 152 valence electrons. The molecule has 0 saturated heterocycles. The van der Waals surface area contributed by atoms with E-state index in [-0.39, 0.29) is 19.0 Å². The van der Waals surface area contributed by atoms with Crippen molar-refractivity contribution in [3.63, 3.8) is 0 Å². The lowest BCUT2D eigenvalue weighted by Crippen LogP contribution is -2.32. The molecule has 2 heterocycles. The van der Waals surface area contributed by atoms with Crippen molar-refractivity contribution in [2.75, 3.05) is 6.61 Å². The van der Waals surface area contributed by atoms with E-state index in [1.54, 1.807) is 33.8 Å². The number of nitrogens with one attached hydrogen (secondary N) is 1. The highest BCUT2D eigenvalue weighted by molar-refractivity contribution is 5.93. The van der Waals surface area contributed by atoms with E-state index < -0.39 is 17.7 Å². The van der Waals surface area contributed by atoms with Gasteiger partial charge in [0.15, 0.2) is 5.58 Å². The topological polar surface area (TPSA) is 104 Å². The first-order chi connectivity index (χ1) is 13.8. The zero-order chi connectivity index (χ0) is 21.0. The Labute approximate surface area is 168 Å². The second kappa shape index (κ2) is 8.30. The average molecular weight is 397 g/mol. The minimum Gasteiger partial charge on any atom is -0.460 e. The molecule has 1 amide bonds. The summed E-state index contributed by atoms with van der Waals surface area (Å²) in [5.41, 5.74) is 2.44. The molecule has 0 aliphatic carbocycles. The summed E-state index contributed by atoms with van der Waals surface area (Å²) in [5, 5.41) is 2.72. The van der Waals surface area contributed by atoms with Gasteiger partial charge in [0, 0.05) is 18.2 Å². The molecule has 0 bridgehead atoms. The summed E-state index contributed by atoms with van der Waals surface area (Å²) in [7, 11) is 0. The second-order valence-corrected chi connectivity index (χ2v) is 7.31. The van der Waals surface area contributed by atoms with Crippen molar-refractivity contribution >= 4 is 23.2 Å². The first-order valence-corrected chi connectivity index (χ1v) is 9.25. The highest BCUT2D eigenvalue weighted by Crippen LogP contribution is 2.27. The lowest BCUT2D eigenvalue weighted by molar-refractivity contribution is 0.0506. The van der Waals surface area contributed by atoms with Crippen LogP contribution in [0.5, 0.6) is 0 Å². The summed E-state index contributed by atoms with van der Waals surface area (Å²) < 4.78 is 15.8. The maximum Gasteiger partial charge on any atom is 0.407 e. The molecule has 2 aromatic heterocycles. The Morgan fingerprint density at radius 1 is 1.17 bits per heavy atom. The maximum absolute atomic E-state index is 12.1. The molecule has 1 N–H and O–H groups in total. The quantitative estimate of drug-likeness (QED) is 0.647. The molecule has 0 unspecified atom stereocenters. The Balaban J connectivity index is 1.88. The highest BCUT2D eigenvalue weighted by atomic mass is 16.6. The number of aromatic nitrogens is 2. The maximum atomic E-state index is 12.1. The lowest BCUT2D eigenvalue weighted by Gasteiger charge is -2.19. The van der Waals surface area contributed by atoms with Crippen molar-refractivity contribution in [2.24, 2.45) is 0 Å². The normalized spacial score (nSPS) is 11.3. The van der Waals surface area contributed by atoms with E-state index in [0.29, 0.717) is 16.8 Å². The van der Waals surface area contributed by atoms with Gasteiger partial charge in [-0.1, -0.05) is 18.2 Å². The van der Waals surface area contributed by atoms with Crippen molar-refractivity contribution in [1.82, 2.24) is 15.3 Å². The van der Waals surface area contributed by atoms with Gasteiger partial charge in [-0.3, -0.25) is 0 Å². The van der Waals surface area contributed by atoms with E-state index in [2.05, 4.69) is 15.3 Å². The van der Waals surface area contributed by atoms with Gasteiger partial charge in [0.05, 0.1) is 12.9 Å². The fourth-order valence-electron chi connectivity index (χ4n) is 2.66. The molecule has 3 aromatic rings. The number of carbonyl (C=O) groups excluding carboxylic acids is 2. The number of alkyl carbamates (subject to hydrolysis) is 1. The third-order valence-electron chi connectivity index (χ3n) is 3.80. The number of nitrogens with zero attached hydrogens (tertiary/aromatic N) is 2. The Bertz CT molecular complexity index is 1040. The zero-order valence-corrected chi connectivity index (χ0v) is 16.8. The molecule has 0 aliphatic rings. The predicted molar refractivity (Wildman–Crippen MR) is 106 cm³/mol. The molecule has 0 saturated carbocycles. The number of hydrogen-bond donors (Lipinski definition) is 1. The summed E-state index contributed by atoms with van der Waals surface area (Å²) in [5.74, 6) is -0.632. The molecule has 29 heavy (non-hydrogen) atoms.